The summed E-state index contributed by atoms with van der Waals surface area (Å²) >= 11 is 0. The van der Waals surface area contributed by atoms with Crippen LogP contribution in [-0.2, 0) is 19.2 Å². The van der Waals surface area contributed by atoms with Crippen molar-refractivity contribution >= 4 is 29.7 Å². The average molecular weight is 565 g/mol. The van der Waals surface area contributed by atoms with Crippen LogP contribution < -0.4 is 9.47 Å². The number of imide groups is 2. The number of allylic oxidation sites excluding steroid dienone is 3. The summed E-state index contributed by atoms with van der Waals surface area (Å²) < 4.78 is 10.6. The molecule has 0 aromatic heterocycles. The Balaban J connectivity index is 1.61. The quantitative estimate of drug-likeness (QED) is 0.431. The lowest BCUT2D eigenvalue weighted by atomic mass is 9.58. The molecule has 3 fully saturated rings. The highest BCUT2D eigenvalue weighted by atomic mass is 16.5. The van der Waals surface area contributed by atoms with Crippen LogP contribution in [0.1, 0.15) is 59.9 Å². The molecule has 41 heavy (non-hydrogen) atoms. The van der Waals surface area contributed by atoms with Crippen molar-refractivity contribution in [1.29, 1.82) is 0 Å². The third-order valence-electron chi connectivity index (χ3n) is 9.04. The van der Waals surface area contributed by atoms with E-state index in [2.05, 4.69) is 0 Å². The Labute approximate surface area is 241 Å². The van der Waals surface area contributed by atoms with Crippen LogP contribution in [0.2, 0.25) is 0 Å². The van der Waals surface area contributed by atoms with E-state index in [1.807, 2.05) is 59.8 Å². The highest BCUT2D eigenvalue weighted by Crippen LogP contribution is 2.56. The van der Waals surface area contributed by atoms with E-state index in [4.69, 9.17) is 9.47 Å². The van der Waals surface area contributed by atoms with Crippen molar-refractivity contribution in [2.75, 3.05) is 14.2 Å². The number of phenols is 1. The molecule has 1 aromatic rings. The molecular formula is C32H40N2O7. The number of fused-ring (bicyclic) bond motifs is 4. The van der Waals surface area contributed by atoms with Crippen LogP contribution in [0.15, 0.2) is 29.9 Å². The van der Waals surface area contributed by atoms with Gasteiger partial charge in [-0.25, -0.2) is 0 Å². The Morgan fingerprint density at radius 2 is 1.29 bits per heavy atom. The number of carbonyl (C=O) groups is 4. The number of ether oxygens (including phenoxy) is 2. The first-order chi connectivity index (χ1) is 19.1. The predicted molar refractivity (Wildman–Crippen MR) is 152 cm³/mol. The molecule has 0 unspecified atom stereocenters. The Morgan fingerprint density at radius 3 is 1.80 bits per heavy atom. The number of hydrogen-bond acceptors (Lipinski definition) is 7. The number of rotatable bonds is 4. The van der Waals surface area contributed by atoms with Crippen LogP contribution in [0.4, 0.5) is 0 Å². The average Bonchev–Trinajstić information content (AvgIpc) is 3.30. The van der Waals surface area contributed by atoms with Crippen molar-refractivity contribution in [2.24, 2.45) is 35.5 Å². The van der Waals surface area contributed by atoms with E-state index < -0.39 is 40.7 Å². The SMILES string of the molecule is COc1cc(C=C[C@H]2C3=CC[C@@H]4C(=O)N(C(C)(C)C)C(=O)[C@@H]4[C@@H]3C[C@H]3C(=O)N(C(C)(C)C)C(=O)[C@@H]23)cc(OC)c1O. The highest BCUT2D eigenvalue weighted by molar-refractivity contribution is 6.08. The topological polar surface area (TPSA) is 113 Å². The van der Waals surface area contributed by atoms with Crippen molar-refractivity contribution in [1.82, 2.24) is 9.80 Å². The second kappa shape index (κ2) is 9.74. The number of likely N-dealkylation sites (tertiary alicyclic amines) is 2. The fraction of sp³-hybridized carbons (Fsp3) is 0.562. The van der Waals surface area contributed by atoms with Crippen molar-refractivity contribution in [3.8, 4) is 17.2 Å². The largest absolute Gasteiger partial charge is 0.502 e. The summed E-state index contributed by atoms with van der Waals surface area (Å²) in [4.78, 5) is 57.7. The molecule has 9 heteroatoms. The van der Waals surface area contributed by atoms with Crippen LogP contribution in [0.25, 0.3) is 6.08 Å². The van der Waals surface area contributed by atoms with Gasteiger partial charge in [-0.1, -0.05) is 23.8 Å². The lowest BCUT2D eigenvalue weighted by molar-refractivity contribution is -0.147. The van der Waals surface area contributed by atoms with Crippen LogP contribution in [0.3, 0.4) is 0 Å². The predicted octanol–water partition coefficient (Wildman–Crippen LogP) is 4.19. The zero-order chi connectivity index (χ0) is 30.2. The van der Waals surface area contributed by atoms with Gasteiger partial charge in [0.25, 0.3) is 0 Å². The number of hydrogen-bond donors (Lipinski definition) is 1. The molecule has 2 heterocycles. The van der Waals surface area contributed by atoms with E-state index in [-0.39, 0.29) is 46.8 Å². The number of benzene rings is 1. The van der Waals surface area contributed by atoms with Crippen LogP contribution in [0.5, 0.6) is 17.2 Å². The van der Waals surface area contributed by atoms with Crippen molar-refractivity contribution in [2.45, 2.75) is 65.5 Å². The van der Waals surface area contributed by atoms with E-state index in [9.17, 15) is 24.3 Å². The van der Waals surface area contributed by atoms with Crippen molar-refractivity contribution in [3.05, 3.63) is 35.4 Å². The molecule has 5 rings (SSSR count). The molecule has 1 N–H and O–H groups in total. The number of nitrogens with zero attached hydrogens (tertiary/aromatic N) is 2. The lowest BCUT2D eigenvalue weighted by Crippen LogP contribution is -2.47. The first-order valence-corrected chi connectivity index (χ1v) is 14.2. The van der Waals surface area contributed by atoms with Gasteiger partial charge in [0.05, 0.1) is 37.9 Å². The van der Waals surface area contributed by atoms with Gasteiger partial charge in [0.1, 0.15) is 0 Å². The molecule has 0 spiro atoms. The maximum Gasteiger partial charge on any atom is 0.234 e. The van der Waals surface area contributed by atoms with Gasteiger partial charge in [0.2, 0.25) is 29.4 Å². The van der Waals surface area contributed by atoms with Crippen molar-refractivity contribution < 1.29 is 33.8 Å². The summed E-state index contributed by atoms with van der Waals surface area (Å²) in [5, 5.41) is 10.4. The van der Waals surface area contributed by atoms with Gasteiger partial charge in [-0.05, 0) is 78.0 Å². The number of phenolic OH excluding ortho intramolecular Hbond substituents is 1. The minimum Gasteiger partial charge on any atom is -0.502 e. The second-order valence-electron chi connectivity index (χ2n) is 13.6. The zero-order valence-corrected chi connectivity index (χ0v) is 25.1. The van der Waals surface area contributed by atoms with Gasteiger partial charge >= 0.3 is 0 Å². The standard InChI is InChI=1S/C32H40N2O7/c1-31(2,3)33-27(36)19-12-11-17-18(10-9-16-13-22(40-7)26(35)23(14-16)41-8)24-21(15-20(17)25(19)30(33)39)28(37)34(29(24)38)32(4,5)6/h9-11,13-14,18-21,24-25,35H,12,15H2,1-8H3/t18-,19-,20+,21+,24-,25-/m0/s1. The lowest BCUT2D eigenvalue weighted by Gasteiger charge is -2.43. The molecule has 1 saturated carbocycles. The van der Waals surface area contributed by atoms with Gasteiger partial charge < -0.3 is 14.6 Å². The van der Waals surface area contributed by atoms with Gasteiger partial charge in [0, 0.05) is 17.0 Å². The van der Waals surface area contributed by atoms with E-state index in [1.165, 1.54) is 24.0 Å². The molecule has 1 aromatic carbocycles. The van der Waals surface area contributed by atoms with E-state index >= 15 is 0 Å². The van der Waals surface area contributed by atoms with Gasteiger partial charge in [0.15, 0.2) is 11.5 Å². The third-order valence-corrected chi connectivity index (χ3v) is 9.04. The molecule has 0 radical (unpaired) electrons. The molecule has 2 aliphatic carbocycles. The molecule has 2 saturated heterocycles. The third kappa shape index (κ3) is 4.44. The monoisotopic (exact) mass is 564 g/mol. The molecule has 4 aliphatic rings. The van der Waals surface area contributed by atoms with Crippen molar-refractivity contribution in [3.63, 3.8) is 0 Å². The van der Waals surface area contributed by atoms with E-state index in [0.717, 1.165) is 5.57 Å². The Hall–Kier alpha value is -3.62. The number of aromatic hydroxyl groups is 1. The molecule has 4 amide bonds. The maximum atomic E-state index is 13.9. The Bertz CT molecular complexity index is 1350. The first-order valence-electron chi connectivity index (χ1n) is 14.2. The fourth-order valence-electron chi connectivity index (χ4n) is 7.40. The normalized spacial score (nSPS) is 30.0. The van der Waals surface area contributed by atoms with E-state index in [1.54, 1.807) is 12.1 Å². The summed E-state index contributed by atoms with van der Waals surface area (Å²) in [5.41, 5.74) is 0.276. The Morgan fingerprint density at radius 1 is 0.780 bits per heavy atom. The van der Waals surface area contributed by atoms with Crippen LogP contribution in [-0.4, -0.2) is 63.8 Å². The summed E-state index contributed by atoms with van der Waals surface area (Å²) in [7, 11) is 2.90. The van der Waals surface area contributed by atoms with Crippen LogP contribution >= 0.6 is 0 Å². The summed E-state index contributed by atoms with van der Waals surface area (Å²) in [5.74, 6) is -3.40. The molecule has 9 nitrogen and oxygen atoms in total. The number of methoxy groups -OCH3 is 2. The maximum absolute atomic E-state index is 13.9. The minimum absolute atomic E-state index is 0.115. The molecule has 220 valence electrons. The summed E-state index contributed by atoms with van der Waals surface area (Å²) in [6.07, 6.45) is 6.56. The number of carbonyl (C=O) groups excluding carboxylic acids is 4. The van der Waals surface area contributed by atoms with Gasteiger partial charge in [-0.15, -0.1) is 0 Å². The highest BCUT2D eigenvalue weighted by Gasteiger charge is 2.63. The zero-order valence-electron chi connectivity index (χ0n) is 25.1. The molecule has 6 atom stereocenters. The van der Waals surface area contributed by atoms with Crippen LogP contribution in [0, 0.1) is 35.5 Å². The minimum atomic E-state index is -0.693. The second-order valence-corrected chi connectivity index (χ2v) is 13.6. The van der Waals surface area contributed by atoms with Gasteiger partial charge in [-0.3, -0.25) is 29.0 Å². The molecule has 0 bridgehead atoms. The first kappa shape index (κ1) is 28.9. The molecule has 2 aliphatic heterocycles. The number of amides is 4. The van der Waals surface area contributed by atoms with Gasteiger partial charge in [-0.2, -0.15) is 0 Å². The van der Waals surface area contributed by atoms with E-state index in [0.29, 0.717) is 18.4 Å². The Kier molecular flexibility index (Phi) is 6.86. The summed E-state index contributed by atoms with van der Waals surface area (Å²) in [6, 6.07) is 3.34. The smallest absolute Gasteiger partial charge is 0.234 e. The molecular weight excluding hydrogens is 524 g/mol. The fourth-order valence-corrected chi connectivity index (χ4v) is 7.40. The summed E-state index contributed by atoms with van der Waals surface area (Å²) in [6.45, 7) is 11.1.